The van der Waals surface area contributed by atoms with Gasteiger partial charge < -0.3 is 15.4 Å². The average Bonchev–Trinajstić information content (AvgIpc) is 3.36. The molecule has 1 aliphatic rings. The molecule has 0 bridgehead atoms. The van der Waals surface area contributed by atoms with Crippen LogP contribution in [0.15, 0.2) is 18.2 Å². The number of nitrogens with zero attached hydrogens (tertiary/aromatic N) is 1. The van der Waals surface area contributed by atoms with Crippen LogP contribution in [0, 0.1) is 23.0 Å². The Morgan fingerprint density at radius 1 is 1.26 bits per heavy atom. The summed E-state index contributed by atoms with van der Waals surface area (Å²) in [4.78, 5) is 35.1. The summed E-state index contributed by atoms with van der Waals surface area (Å²) in [7, 11) is 0. The molecule has 1 aromatic carbocycles. The number of amides is 2. The van der Waals surface area contributed by atoms with Gasteiger partial charge in [0.1, 0.15) is 5.60 Å². The molecule has 0 radical (unpaired) electrons. The van der Waals surface area contributed by atoms with E-state index in [1.54, 1.807) is 27.7 Å². The molecule has 2 N–H and O–H groups in total. The molecule has 0 spiro atoms. The van der Waals surface area contributed by atoms with Crippen molar-refractivity contribution in [1.29, 1.82) is 0 Å². The van der Waals surface area contributed by atoms with Crippen molar-refractivity contribution in [1.82, 2.24) is 10.6 Å². The Hall–Kier alpha value is -2.64. The second-order valence-corrected chi connectivity index (χ2v) is 8.26. The molecule has 0 saturated heterocycles. The van der Waals surface area contributed by atoms with Crippen LogP contribution < -0.4 is 10.6 Å². The first-order chi connectivity index (χ1) is 12.4. The Morgan fingerprint density at radius 3 is 2.37 bits per heavy atom. The summed E-state index contributed by atoms with van der Waals surface area (Å²) < 4.78 is 5.25. The van der Waals surface area contributed by atoms with E-state index >= 15 is 0 Å². The molecule has 8 heteroatoms. The fraction of sp³-hybridized carbons (Fsp3) is 0.579. The summed E-state index contributed by atoms with van der Waals surface area (Å²) in [6, 6.07) is 4.15. The van der Waals surface area contributed by atoms with Crippen molar-refractivity contribution in [3.63, 3.8) is 0 Å². The van der Waals surface area contributed by atoms with Crippen molar-refractivity contribution in [2.45, 2.75) is 58.6 Å². The van der Waals surface area contributed by atoms with Crippen LogP contribution in [0.1, 0.15) is 56.5 Å². The Balaban J connectivity index is 2.08. The van der Waals surface area contributed by atoms with E-state index < -0.39 is 22.2 Å². The lowest BCUT2D eigenvalue weighted by Gasteiger charge is -2.32. The fourth-order valence-electron chi connectivity index (χ4n) is 2.92. The predicted molar refractivity (Wildman–Crippen MR) is 101 cm³/mol. The summed E-state index contributed by atoms with van der Waals surface area (Å²) in [6.07, 6.45) is 1.40. The van der Waals surface area contributed by atoms with E-state index in [2.05, 4.69) is 10.6 Å². The van der Waals surface area contributed by atoms with Gasteiger partial charge in [-0.05, 0) is 65.0 Å². The van der Waals surface area contributed by atoms with Crippen LogP contribution in [0.4, 0.5) is 10.5 Å². The SMILES string of the molecule is Cc1cc([N+](=O)[O-])ccc1C(=O)NC(C)(CNC(=O)OC(C)(C)C)C1CC1. The number of aryl methyl sites for hydroxylation is 1. The lowest BCUT2D eigenvalue weighted by Crippen LogP contribution is -2.55. The molecule has 1 atom stereocenters. The number of nitro benzene ring substituents is 1. The standard InChI is InChI=1S/C19H27N3O5/c1-12-10-14(22(25)26)8-9-15(12)16(23)21-19(5,13-6-7-13)11-20-17(24)27-18(2,3)4/h8-10,13H,6-7,11H2,1-5H3,(H,20,24)(H,21,23). The topological polar surface area (TPSA) is 111 Å². The second-order valence-electron chi connectivity index (χ2n) is 8.26. The molecule has 0 heterocycles. The van der Waals surface area contributed by atoms with E-state index in [1.165, 1.54) is 18.2 Å². The maximum Gasteiger partial charge on any atom is 0.407 e. The van der Waals surface area contributed by atoms with Gasteiger partial charge in [-0.15, -0.1) is 0 Å². The maximum atomic E-state index is 12.7. The molecule has 1 unspecified atom stereocenters. The molecule has 0 aromatic heterocycles. The Bertz CT molecular complexity index is 752. The smallest absolute Gasteiger partial charge is 0.407 e. The summed E-state index contributed by atoms with van der Waals surface area (Å²) in [6.45, 7) is 9.14. The molecule has 148 valence electrons. The maximum absolute atomic E-state index is 12.7. The Labute approximate surface area is 158 Å². The van der Waals surface area contributed by atoms with Crippen LogP contribution in [0.2, 0.25) is 0 Å². The van der Waals surface area contributed by atoms with Gasteiger partial charge in [-0.2, -0.15) is 0 Å². The number of nitro groups is 1. The Morgan fingerprint density at radius 2 is 1.89 bits per heavy atom. The molecule has 1 aliphatic carbocycles. The van der Waals surface area contributed by atoms with Crippen molar-refractivity contribution in [2.75, 3.05) is 6.54 Å². The summed E-state index contributed by atoms with van der Waals surface area (Å²) in [5, 5.41) is 16.6. The largest absolute Gasteiger partial charge is 0.444 e. The van der Waals surface area contributed by atoms with Crippen molar-refractivity contribution >= 4 is 17.7 Å². The predicted octanol–water partition coefficient (Wildman–Crippen LogP) is 3.33. The molecule has 8 nitrogen and oxygen atoms in total. The molecule has 1 aromatic rings. The first kappa shape index (κ1) is 20.7. The molecule has 2 amide bonds. The molecule has 2 rings (SSSR count). The minimum atomic E-state index is -0.623. The van der Waals surface area contributed by atoms with E-state index in [1.807, 2.05) is 6.92 Å². The number of ether oxygens (including phenoxy) is 1. The second kappa shape index (κ2) is 7.54. The minimum absolute atomic E-state index is 0.0550. The summed E-state index contributed by atoms with van der Waals surface area (Å²) in [5.74, 6) is -0.0578. The number of alkyl carbamates (subject to hydrolysis) is 1. The lowest BCUT2D eigenvalue weighted by molar-refractivity contribution is -0.384. The molecule has 1 fully saturated rings. The van der Waals surface area contributed by atoms with E-state index in [0.29, 0.717) is 11.1 Å². The number of carbonyl (C=O) groups is 2. The van der Waals surface area contributed by atoms with E-state index in [0.717, 1.165) is 12.8 Å². The van der Waals surface area contributed by atoms with Crippen LogP contribution >= 0.6 is 0 Å². The minimum Gasteiger partial charge on any atom is -0.444 e. The first-order valence-corrected chi connectivity index (χ1v) is 8.96. The third-order valence-corrected chi connectivity index (χ3v) is 4.54. The van der Waals surface area contributed by atoms with Crippen LogP contribution in [0.25, 0.3) is 0 Å². The van der Waals surface area contributed by atoms with Gasteiger partial charge in [0, 0.05) is 24.2 Å². The summed E-state index contributed by atoms with van der Waals surface area (Å²) in [5.41, 5.74) is -0.369. The highest BCUT2D eigenvalue weighted by Crippen LogP contribution is 2.39. The average molecular weight is 377 g/mol. The number of carbonyl (C=O) groups excluding carboxylic acids is 2. The molecular weight excluding hydrogens is 350 g/mol. The van der Waals surface area contributed by atoms with Crippen molar-refractivity contribution < 1.29 is 19.2 Å². The molecular formula is C19H27N3O5. The van der Waals surface area contributed by atoms with Gasteiger partial charge in [0.25, 0.3) is 11.6 Å². The quantitative estimate of drug-likeness (QED) is 0.583. The number of rotatable bonds is 6. The van der Waals surface area contributed by atoms with Gasteiger partial charge in [0.2, 0.25) is 0 Å². The van der Waals surface area contributed by atoms with Gasteiger partial charge in [-0.3, -0.25) is 14.9 Å². The third kappa shape index (κ3) is 5.67. The number of hydrogen-bond acceptors (Lipinski definition) is 5. The number of nitrogens with one attached hydrogen (secondary N) is 2. The van der Waals surface area contributed by atoms with Gasteiger partial charge in [0.15, 0.2) is 0 Å². The van der Waals surface area contributed by atoms with Crippen molar-refractivity contribution in [3.05, 3.63) is 39.4 Å². The van der Waals surface area contributed by atoms with E-state index in [9.17, 15) is 19.7 Å². The van der Waals surface area contributed by atoms with E-state index in [-0.39, 0.29) is 24.1 Å². The highest BCUT2D eigenvalue weighted by molar-refractivity contribution is 5.96. The van der Waals surface area contributed by atoms with Crippen LogP contribution in [0.5, 0.6) is 0 Å². The van der Waals surface area contributed by atoms with Gasteiger partial charge in [-0.1, -0.05) is 0 Å². The highest BCUT2D eigenvalue weighted by Gasteiger charge is 2.43. The van der Waals surface area contributed by atoms with Crippen LogP contribution in [-0.4, -0.2) is 34.6 Å². The van der Waals surface area contributed by atoms with Crippen LogP contribution in [-0.2, 0) is 4.74 Å². The monoisotopic (exact) mass is 377 g/mol. The Kier molecular flexibility index (Phi) is 5.77. The highest BCUT2D eigenvalue weighted by atomic mass is 16.6. The van der Waals surface area contributed by atoms with Crippen molar-refractivity contribution in [2.24, 2.45) is 5.92 Å². The van der Waals surface area contributed by atoms with Gasteiger partial charge in [-0.25, -0.2) is 4.79 Å². The molecule has 27 heavy (non-hydrogen) atoms. The number of benzene rings is 1. The van der Waals surface area contributed by atoms with Crippen LogP contribution in [0.3, 0.4) is 0 Å². The zero-order chi connectivity index (χ0) is 20.4. The van der Waals surface area contributed by atoms with Gasteiger partial charge >= 0.3 is 6.09 Å². The fourth-order valence-corrected chi connectivity index (χ4v) is 2.92. The van der Waals surface area contributed by atoms with Gasteiger partial charge in [0.05, 0.1) is 10.5 Å². The van der Waals surface area contributed by atoms with Crippen molar-refractivity contribution in [3.8, 4) is 0 Å². The lowest BCUT2D eigenvalue weighted by atomic mass is 9.94. The number of hydrogen-bond donors (Lipinski definition) is 2. The molecule has 0 aliphatic heterocycles. The molecule has 1 saturated carbocycles. The normalized spacial score (nSPS) is 16.2. The third-order valence-electron chi connectivity index (χ3n) is 4.54. The zero-order valence-electron chi connectivity index (χ0n) is 16.4. The zero-order valence-corrected chi connectivity index (χ0v) is 16.4. The first-order valence-electron chi connectivity index (χ1n) is 8.96. The number of non-ortho nitro benzene ring substituents is 1. The van der Waals surface area contributed by atoms with E-state index in [4.69, 9.17) is 4.74 Å². The summed E-state index contributed by atoms with van der Waals surface area (Å²) >= 11 is 0.